The molecule has 1 N–H and O–H groups in total. The molecule has 0 unspecified atom stereocenters. The zero-order valence-electron chi connectivity index (χ0n) is 9.27. The number of ether oxygens (including phenoxy) is 1. The lowest BCUT2D eigenvalue weighted by Gasteiger charge is -2.15. The van der Waals surface area contributed by atoms with E-state index in [1.807, 2.05) is 4.90 Å². The number of carbonyl (C=O) groups is 1. The monoisotopic (exact) mass is 221 g/mol. The lowest BCUT2D eigenvalue weighted by atomic mass is 10.4. The van der Waals surface area contributed by atoms with Gasteiger partial charge in [0, 0.05) is 19.2 Å². The molecule has 1 aromatic rings. The number of carbonyl (C=O) groups excluding carboxylic acids is 1. The number of amides is 2. The predicted molar refractivity (Wildman–Crippen MR) is 60.6 cm³/mol. The SMILES string of the molecule is COc1ccc(NC(=O)N2CCCC2)cn1. The Hall–Kier alpha value is -1.78. The highest BCUT2D eigenvalue weighted by Crippen LogP contribution is 2.13. The summed E-state index contributed by atoms with van der Waals surface area (Å²) < 4.78 is 4.94. The van der Waals surface area contributed by atoms with Crippen LogP contribution in [-0.2, 0) is 0 Å². The lowest BCUT2D eigenvalue weighted by molar-refractivity contribution is 0.222. The third-order valence-electron chi connectivity index (χ3n) is 2.59. The number of pyridine rings is 1. The maximum atomic E-state index is 11.7. The molecule has 2 amide bonds. The number of nitrogens with zero attached hydrogens (tertiary/aromatic N) is 2. The molecule has 1 fully saturated rings. The van der Waals surface area contributed by atoms with Gasteiger partial charge in [0.25, 0.3) is 0 Å². The smallest absolute Gasteiger partial charge is 0.321 e. The highest BCUT2D eigenvalue weighted by atomic mass is 16.5. The molecule has 0 spiro atoms. The Balaban J connectivity index is 1.94. The van der Waals surface area contributed by atoms with Gasteiger partial charge in [0.2, 0.25) is 5.88 Å². The van der Waals surface area contributed by atoms with E-state index in [0.717, 1.165) is 25.9 Å². The van der Waals surface area contributed by atoms with Crippen molar-refractivity contribution in [2.75, 3.05) is 25.5 Å². The number of nitrogens with one attached hydrogen (secondary N) is 1. The molecule has 1 aliphatic heterocycles. The summed E-state index contributed by atoms with van der Waals surface area (Å²) in [5.74, 6) is 0.541. The van der Waals surface area contributed by atoms with E-state index in [9.17, 15) is 4.79 Å². The van der Waals surface area contributed by atoms with Crippen LogP contribution in [0.4, 0.5) is 10.5 Å². The van der Waals surface area contributed by atoms with Crippen LogP contribution < -0.4 is 10.1 Å². The van der Waals surface area contributed by atoms with Gasteiger partial charge in [0.15, 0.2) is 0 Å². The molecule has 5 heteroatoms. The van der Waals surface area contributed by atoms with Crippen LogP contribution >= 0.6 is 0 Å². The van der Waals surface area contributed by atoms with Gasteiger partial charge in [0.1, 0.15) is 0 Å². The minimum absolute atomic E-state index is 0.0514. The Morgan fingerprint density at radius 1 is 1.44 bits per heavy atom. The van der Waals surface area contributed by atoms with E-state index in [2.05, 4.69) is 10.3 Å². The minimum atomic E-state index is -0.0514. The van der Waals surface area contributed by atoms with Crippen LogP contribution in [0.5, 0.6) is 5.88 Å². The molecular formula is C11H15N3O2. The summed E-state index contributed by atoms with van der Waals surface area (Å²) in [5, 5.41) is 2.80. The molecule has 16 heavy (non-hydrogen) atoms. The molecule has 5 nitrogen and oxygen atoms in total. The number of anilines is 1. The number of rotatable bonds is 2. The Morgan fingerprint density at radius 2 is 2.19 bits per heavy atom. The number of urea groups is 1. The fourth-order valence-corrected chi connectivity index (χ4v) is 1.70. The zero-order chi connectivity index (χ0) is 11.4. The first-order valence-electron chi connectivity index (χ1n) is 5.35. The van der Waals surface area contributed by atoms with E-state index in [1.54, 1.807) is 25.4 Å². The van der Waals surface area contributed by atoms with Crippen molar-refractivity contribution in [3.63, 3.8) is 0 Å². The number of aromatic nitrogens is 1. The highest BCUT2D eigenvalue weighted by molar-refractivity contribution is 5.89. The van der Waals surface area contributed by atoms with Crippen LogP contribution in [-0.4, -0.2) is 36.1 Å². The van der Waals surface area contributed by atoms with Crippen molar-refractivity contribution in [1.29, 1.82) is 0 Å². The largest absolute Gasteiger partial charge is 0.481 e. The average Bonchev–Trinajstić information content (AvgIpc) is 2.83. The Labute approximate surface area is 94.4 Å². The molecule has 0 aromatic carbocycles. The zero-order valence-corrected chi connectivity index (χ0v) is 9.27. The van der Waals surface area contributed by atoms with Gasteiger partial charge in [-0.1, -0.05) is 0 Å². The van der Waals surface area contributed by atoms with Crippen LogP contribution in [0.1, 0.15) is 12.8 Å². The van der Waals surface area contributed by atoms with E-state index in [4.69, 9.17) is 4.74 Å². The van der Waals surface area contributed by atoms with Crippen LogP contribution in [0.15, 0.2) is 18.3 Å². The molecule has 0 saturated carbocycles. The van der Waals surface area contributed by atoms with Gasteiger partial charge in [-0.05, 0) is 18.9 Å². The van der Waals surface area contributed by atoms with Crippen molar-refractivity contribution < 1.29 is 9.53 Å². The topological polar surface area (TPSA) is 54.5 Å². The van der Waals surface area contributed by atoms with Crippen LogP contribution in [0.2, 0.25) is 0 Å². The predicted octanol–water partition coefficient (Wildman–Crippen LogP) is 1.72. The van der Waals surface area contributed by atoms with Crippen molar-refractivity contribution in [2.24, 2.45) is 0 Å². The molecule has 0 radical (unpaired) electrons. The molecule has 0 atom stereocenters. The Morgan fingerprint density at radius 3 is 2.75 bits per heavy atom. The average molecular weight is 221 g/mol. The van der Waals surface area contributed by atoms with Crippen LogP contribution in [0.25, 0.3) is 0 Å². The first-order valence-corrected chi connectivity index (χ1v) is 5.35. The van der Waals surface area contributed by atoms with E-state index >= 15 is 0 Å². The van der Waals surface area contributed by atoms with Gasteiger partial charge >= 0.3 is 6.03 Å². The number of hydrogen-bond donors (Lipinski definition) is 1. The van der Waals surface area contributed by atoms with Crippen molar-refractivity contribution in [2.45, 2.75) is 12.8 Å². The van der Waals surface area contributed by atoms with E-state index < -0.39 is 0 Å². The van der Waals surface area contributed by atoms with E-state index in [1.165, 1.54) is 0 Å². The number of methoxy groups -OCH3 is 1. The summed E-state index contributed by atoms with van der Waals surface area (Å²) in [4.78, 5) is 17.6. The minimum Gasteiger partial charge on any atom is -0.481 e. The Kier molecular flexibility index (Phi) is 3.24. The maximum Gasteiger partial charge on any atom is 0.321 e. The van der Waals surface area contributed by atoms with Crippen molar-refractivity contribution in [1.82, 2.24) is 9.88 Å². The van der Waals surface area contributed by atoms with E-state index in [0.29, 0.717) is 11.6 Å². The fourth-order valence-electron chi connectivity index (χ4n) is 1.70. The van der Waals surface area contributed by atoms with Gasteiger partial charge in [0.05, 0.1) is 19.0 Å². The normalized spacial score (nSPS) is 14.9. The summed E-state index contributed by atoms with van der Waals surface area (Å²) in [6, 6.07) is 3.45. The van der Waals surface area contributed by atoms with Gasteiger partial charge in [-0.25, -0.2) is 9.78 Å². The second-order valence-corrected chi connectivity index (χ2v) is 3.71. The third kappa shape index (κ3) is 2.42. The second kappa shape index (κ2) is 4.83. The fraction of sp³-hybridized carbons (Fsp3) is 0.455. The first kappa shape index (κ1) is 10.7. The van der Waals surface area contributed by atoms with E-state index in [-0.39, 0.29) is 6.03 Å². The summed E-state index contributed by atoms with van der Waals surface area (Å²) in [6.07, 6.45) is 3.77. The van der Waals surface area contributed by atoms with Gasteiger partial charge in [-0.3, -0.25) is 0 Å². The summed E-state index contributed by atoms with van der Waals surface area (Å²) >= 11 is 0. The maximum absolute atomic E-state index is 11.7. The summed E-state index contributed by atoms with van der Waals surface area (Å²) in [7, 11) is 1.56. The molecule has 2 rings (SSSR count). The standard InChI is InChI=1S/C11H15N3O2/c1-16-10-5-4-9(8-12-10)13-11(15)14-6-2-3-7-14/h4-5,8H,2-3,6-7H2,1H3,(H,13,15). The van der Waals surface area contributed by atoms with Crippen molar-refractivity contribution in [3.8, 4) is 5.88 Å². The van der Waals surface area contributed by atoms with Gasteiger partial charge in [-0.15, -0.1) is 0 Å². The first-order chi connectivity index (χ1) is 7.79. The molecule has 1 aromatic heterocycles. The van der Waals surface area contributed by atoms with Crippen LogP contribution in [0.3, 0.4) is 0 Å². The second-order valence-electron chi connectivity index (χ2n) is 3.71. The van der Waals surface area contributed by atoms with Crippen LogP contribution in [0, 0.1) is 0 Å². The summed E-state index contributed by atoms with van der Waals surface area (Å²) in [6.45, 7) is 1.69. The molecule has 2 heterocycles. The molecular weight excluding hydrogens is 206 g/mol. The molecule has 1 saturated heterocycles. The van der Waals surface area contributed by atoms with Crippen molar-refractivity contribution >= 4 is 11.7 Å². The molecule has 86 valence electrons. The lowest BCUT2D eigenvalue weighted by Crippen LogP contribution is -2.32. The highest BCUT2D eigenvalue weighted by Gasteiger charge is 2.17. The summed E-state index contributed by atoms with van der Waals surface area (Å²) in [5.41, 5.74) is 0.692. The molecule has 0 bridgehead atoms. The number of hydrogen-bond acceptors (Lipinski definition) is 3. The Bertz CT molecular complexity index is 358. The van der Waals surface area contributed by atoms with Gasteiger partial charge < -0.3 is 15.0 Å². The third-order valence-corrected chi connectivity index (χ3v) is 2.59. The molecule has 0 aliphatic carbocycles. The quantitative estimate of drug-likeness (QED) is 0.827. The number of likely N-dealkylation sites (tertiary alicyclic amines) is 1. The van der Waals surface area contributed by atoms with Crippen molar-refractivity contribution in [3.05, 3.63) is 18.3 Å². The van der Waals surface area contributed by atoms with Gasteiger partial charge in [-0.2, -0.15) is 0 Å². The molecule has 1 aliphatic rings.